The molecule has 122 valence electrons. The second-order valence-electron chi connectivity index (χ2n) is 5.49. The van der Waals surface area contributed by atoms with Crippen LogP contribution < -0.4 is 15.8 Å². The number of nitro groups is 1. The third kappa shape index (κ3) is 4.13. The molecule has 0 fully saturated rings. The summed E-state index contributed by atoms with van der Waals surface area (Å²) in [6.45, 7) is 1.33. The predicted molar refractivity (Wildman–Crippen MR) is 83.8 cm³/mol. The molecule has 8 heteroatoms. The van der Waals surface area contributed by atoms with Crippen LogP contribution in [0.1, 0.15) is 16.8 Å². The summed E-state index contributed by atoms with van der Waals surface area (Å²) in [5.41, 5.74) is -0.850. The van der Waals surface area contributed by atoms with Gasteiger partial charge in [0.25, 0.3) is 11.6 Å². The fourth-order valence-corrected chi connectivity index (χ4v) is 2.12. The Kier molecular flexibility index (Phi) is 5.07. The van der Waals surface area contributed by atoms with Crippen molar-refractivity contribution in [2.45, 2.75) is 6.42 Å². The molecule has 0 radical (unpaired) electrons. The summed E-state index contributed by atoms with van der Waals surface area (Å²) in [4.78, 5) is 35.4. The van der Waals surface area contributed by atoms with Gasteiger partial charge in [-0.2, -0.15) is 0 Å². The summed E-state index contributed by atoms with van der Waals surface area (Å²) >= 11 is 0. The van der Waals surface area contributed by atoms with Crippen LogP contribution in [0.3, 0.4) is 0 Å². The summed E-state index contributed by atoms with van der Waals surface area (Å²) in [7, 11) is 4.01. The highest BCUT2D eigenvalue weighted by atomic mass is 16.6. The lowest BCUT2D eigenvalue weighted by Crippen LogP contribution is -3.05. The molecule has 0 atom stereocenters. The molecule has 0 aliphatic rings. The number of fused-ring (bicyclic) bond motifs is 1. The van der Waals surface area contributed by atoms with Gasteiger partial charge in [0.05, 0.1) is 25.6 Å². The predicted octanol–water partition coefficient (Wildman–Crippen LogP) is -0.0344. The van der Waals surface area contributed by atoms with Crippen LogP contribution >= 0.6 is 0 Å². The number of nitrogens with one attached hydrogen (secondary N) is 2. The summed E-state index contributed by atoms with van der Waals surface area (Å²) in [6.07, 6.45) is 0.776. The molecule has 2 rings (SSSR count). The van der Waals surface area contributed by atoms with E-state index in [1.165, 1.54) is 29.2 Å². The number of nitrogens with zero attached hydrogens (tertiary/aromatic N) is 1. The van der Waals surface area contributed by atoms with Crippen LogP contribution in [0.5, 0.6) is 0 Å². The van der Waals surface area contributed by atoms with Crippen molar-refractivity contribution >= 4 is 22.6 Å². The Balaban J connectivity index is 2.22. The highest BCUT2D eigenvalue weighted by Crippen LogP contribution is 2.20. The van der Waals surface area contributed by atoms with Gasteiger partial charge in [-0.25, -0.2) is 4.79 Å². The van der Waals surface area contributed by atoms with Crippen molar-refractivity contribution in [1.29, 1.82) is 0 Å². The van der Waals surface area contributed by atoms with E-state index in [0.717, 1.165) is 13.0 Å². The highest BCUT2D eigenvalue weighted by Gasteiger charge is 2.15. The number of benzene rings is 1. The smallest absolute Gasteiger partial charge is 0.349 e. The minimum absolute atomic E-state index is 0.133. The largest absolute Gasteiger partial charge is 0.422 e. The molecule has 2 aromatic rings. The maximum Gasteiger partial charge on any atom is 0.349 e. The van der Waals surface area contributed by atoms with Gasteiger partial charge in [-0.15, -0.1) is 0 Å². The van der Waals surface area contributed by atoms with E-state index in [9.17, 15) is 19.7 Å². The van der Waals surface area contributed by atoms with Crippen LogP contribution in [0.4, 0.5) is 5.69 Å². The minimum Gasteiger partial charge on any atom is -0.422 e. The Morgan fingerprint density at radius 1 is 1.35 bits per heavy atom. The molecule has 0 saturated carbocycles. The van der Waals surface area contributed by atoms with Gasteiger partial charge < -0.3 is 14.6 Å². The van der Waals surface area contributed by atoms with Crippen LogP contribution in [0.2, 0.25) is 0 Å². The zero-order valence-corrected chi connectivity index (χ0v) is 12.9. The maximum atomic E-state index is 12.1. The number of rotatable bonds is 6. The number of hydrogen-bond acceptors (Lipinski definition) is 5. The van der Waals surface area contributed by atoms with Crippen molar-refractivity contribution in [2.75, 3.05) is 27.2 Å². The molecule has 0 saturated heterocycles. The van der Waals surface area contributed by atoms with Crippen molar-refractivity contribution in [3.8, 4) is 0 Å². The third-order valence-corrected chi connectivity index (χ3v) is 3.31. The Hall–Kier alpha value is -2.74. The second-order valence-corrected chi connectivity index (χ2v) is 5.49. The van der Waals surface area contributed by atoms with E-state index in [1.54, 1.807) is 0 Å². The van der Waals surface area contributed by atoms with Gasteiger partial charge in [0.1, 0.15) is 11.1 Å². The van der Waals surface area contributed by atoms with E-state index in [-0.39, 0.29) is 16.8 Å². The number of carbonyl (C=O) groups excluding carboxylic acids is 1. The van der Waals surface area contributed by atoms with Crippen molar-refractivity contribution < 1.29 is 19.0 Å². The zero-order chi connectivity index (χ0) is 17.0. The lowest BCUT2D eigenvalue weighted by atomic mass is 10.1. The molecule has 23 heavy (non-hydrogen) atoms. The van der Waals surface area contributed by atoms with E-state index in [2.05, 4.69) is 5.32 Å². The van der Waals surface area contributed by atoms with Gasteiger partial charge in [0.2, 0.25) is 0 Å². The Morgan fingerprint density at radius 2 is 2.09 bits per heavy atom. The normalized spacial score (nSPS) is 10.9. The zero-order valence-electron chi connectivity index (χ0n) is 12.9. The van der Waals surface area contributed by atoms with E-state index in [1.807, 2.05) is 14.1 Å². The molecular weight excluding hydrogens is 302 g/mol. The Morgan fingerprint density at radius 3 is 2.74 bits per heavy atom. The first-order chi connectivity index (χ1) is 10.9. The number of non-ortho nitro benzene ring substituents is 1. The van der Waals surface area contributed by atoms with Gasteiger partial charge >= 0.3 is 5.63 Å². The lowest BCUT2D eigenvalue weighted by molar-refractivity contribution is -0.858. The van der Waals surface area contributed by atoms with Crippen LogP contribution in [0, 0.1) is 10.1 Å². The quantitative estimate of drug-likeness (QED) is 0.336. The monoisotopic (exact) mass is 320 g/mol. The first kappa shape index (κ1) is 16.6. The lowest BCUT2D eigenvalue weighted by Gasteiger charge is -2.08. The molecule has 0 spiro atoms. The summed E-state index contributed by atoms with van der Waals surface area (Å²) in [6, 6.07) is 5.18. The fourth-order valence-electron chi connectivity index (χ4n) is 2.12. The molecule has 0 aliphatic heterocycles. The van der Waals surface area contributed by atoms with Crippen LogP contribution in [0.25, 0.3) is 11.0 Å². The number of amides is 1. The molecule has 0 bridgehead atoms. The van der Waals surface area contributed by atoms with Gasteiger partial charge in [0, 0.05) is 30.5 Å². The first-order valence-electron chi connectivity index (χ1n) is 7.18. The first-order valence-corrected chi connectivity index (χ1v) is 7.18. The average molecular weight is 320 g/mol. The van der Waals surface area contributed by atoms with Gasteiger partial charge in [-0.3, -0.25) is 14.9 Å². The standard InChI is InChI=1S/C15H17N3O5/c1-17(2)7-3-6-16-14(19)12-9-10-8-11(18(21)22)4-5-13(10)23-15(12)20/h4-5,8-9H,3,6-7H2,1-2H3,(H,16,19)/p+1. The molecule has 8 nitrogen and oxygen atoms in total. The molecule has 2 N–H and O–H groups in total. The molecule has 1 aromatic carbocycles. The SMILES string of the molecule is C[NH+](C)CCCNC(=O)c1cc2cc([N+](=O)[O-])ccc2oc1=O. The number of nitro benzene ring substituents is 1. The number of quaternary nitrogens is 1. The molecule has 0 aliphatic carbocycles. The second kappa shape index (κ2) is 7.01. The van der Waals surface area contributed by atoms with E-state index in [4.69, 9.17) is 4.42 Å². The van der Waals surface area contributed by atoms with Gasteiger partial charge in [0.15, 0.2) is 0 Å². The molecular formula is C15H18N3O5+. The van der Waals surface area contributed by atoms with E-state index < -0.39 is 16.5 Å². The van der Waals surface area contributed by atoms with Gasteiger partial charge in [-0.1, -0.05) is 0 Å². The van der Waals surface area contributed by atoms with E-state index in [0.29, 0.717) is 11.9 Å². The van der Waals surface area contributed by atoms with Crippen LogP contribution in [-0.4, -0.2) is 38.0 Å². The molecule has 1 heterocycles. The van der Waals surface area contributed by atoms with Crippen LogP contribution in [-0.2, 0) is 0 Å². The Bertz CT molecular complexity index is 797. The van der Waals surface area contributed by atoms with Gasteiger partial charge in [-0.05, 0) is 12.1 Å². The van der Waals surface area contributed by atoms with E-state index >= 15 is 0 Å². The number of carbonyl (C=O) groups is 1. The summed E-state index contributed by atoms with van der Waals surface area (Å²) < 4.78 is 5.05. The third-order valence-electron chi connectivity index (χ3n) is 3.31. The topological polar surface area (TPSA) is 107 Å². The van der Waals surface area contributed by atoms with Crippen molar-refractivity contribution in [3.63, 3.8) is 0 Å². The van der Waals surface area contributed by atoms with Crippen molar-refractivity contribution in [3.05, 3.63) is 50.4 Å². The molecule has 1 amide bonds. The summed E-state index contributed by atoms with van der Waals surface area (Å²) in [5, 5.41) is 13.8. The van der Waals surface area contributed by atoms with Crippen LogP contribution in [0.15, 0.2) is 33.5 Å². The highest BCUT2D eigenvalue weighted by molar-refractivity contribution is 5.96. The molecule has 1 aromatic heterocycles. The van der Waals surface area contributed by atoms with Crippen molar-refractivity contribution in [2.24, 2.45) is 0 Å². The maximum absolute atomic E-state index is 12.1. The number of hydrogen-bond donors (Lipinski definition) is 2. The molecule has 0 unspecified atom stereocenters. The minimum atomic E-state index is -0.762. The fraction of sp³-hybridized carbons (Fsp3) is 0.333. The average Bonchev–Trinajstić information content (AvgIpc) is 2.49. The Labute approximate surface area is 131 Å². The van der Waals surface area contributed by atoms with Crippen molar-refractivity contribution in [1.82, 2.24) is 5.32 Å². The summed E-state index contributed by atoms with van der Waals surface area (Å²) in [5.74, 6) is -0.541.